The van der Waals surface area contributed by atoms with Gasteiger partial charge < -0.3 is 4.74 Å². The number of hydrogen-bond donors (Lipinski definition) is 1. The lowest BCUT2D eigenvalue weighted by Crippen LogP contribution is -2.18. The van der Waals surface area contributed by atoms with Crippen LogP contribution in [0.15, 0.2) is 67.1 Å². The molecule has 0 saturated heterocycles. The van der Waals surface area contributed by atoms with Gasteiger partial charge in [-0.15, -0.1) is 0 Å². The van der Waals surface area contributed by atoms with E-state index in [-0.39, 0.29) is 11.7 Å². The first-order valence-corrected chi connectivity index (χ1v) is 9.17. The minimum atomic E-state index is -0.596. The molecule has 0 bridgehead atoms. The SMILES string of the molecule is CC(C)OC(=O)Nc1ccc(F)c(-c2cn3cc(-c4ccccc4)cnc3n2)c1. The Kier molecular flexibility index (Phi) is 4.95. The highest BCUT2D eigenvalue weighted by atomic mass is 19.1. The van der Waals surface area contributed by atoms with Crippen LogP contribution in [-0.4, -0.2) is 26.6 Å². The van der Waals surface area contributed by atoms with E-state index in [1.54, 1.807) is 30.6 Å². The van der Waals surface area contributed by atoms with Crippen LogP contribution in [0.4, 0.5) is 14.9 Å². The van der Waals surface area contributed by atoms with E-state index < -0.39 is 11.9 Å². The Morgan fingerprint density at radius 2 is 1.90 bits per heavy atom. The van der Waals surface area contributed by atoms with Gasteiger partial charge in [-0.05, 0) is 37.6 Å². The summed E-state index contributed by atoms with van der Waals surface area (Å²) in [6.07, 6.45) is 4.50. The van der Waals surface area contributed by atoms with Crippen molar-refractivity contribution >= 4 is 17.6 Å². The summed E-state index contributed by atoms with van der Waals surface area (Å²) in [7, 11) is 0. The first kappa shape index (κ1) is 18.6. The zero-order chi connectivity index (χ0) is 20.4. The lowest BCUT2D eigenvalue weighted by Gasteiger charge is -2.10. The molecule has 0 saturated carbocycles. The fourth-order valence-corrected chi connectivity index (χ4v) is 2.95. The van der Waals surface area contributed by atoms with Crippen LogP contribution in [0.25, 0.3) is 28.2 Å². The van der Waals surface area contributed by atoms with E-state index >= 15 is 0 Å². The van der Waals surface area contributed by atoms with Crippen LogP contribution < -0.4 is 5.32 Å². The Labute approximate surface area is 167 Å². The van der Waals surface area contributed by atoms with Gasteiger partial charge in [-0.3, -0.25) is 9.72 Å². The van der Waals surface area contributed by atoms with Crippen molar-refractivity contribution in [2.45, 2.75) is 20.0 Å². The van der Waals surface area contributed by atoms with Crippen LogP contribution in [0, 0.1) is 5.82 Å². The molecule has 0 aliphatic rings. The van der Waals surface area contributed by atoms with E-state index in [1.807, 2.05) is 36.5 Å². The molecular formula is C22H19FN4O2. The molecule has 0 spiro atoms. The average Bonchev–Trinajstić information content (AvgIpc) is 3.12. The molecule has 0 atom stereocenters. The summed E-state index contributed by atoms with van der Waals surface area (Å²) in [6.45, 7) is 3.51. The molecule has 2 aromatic carbocycles. The Hall–Kier alpha value is -3.74. The third kappa shape index (κ3) is 4.08. The summed E-state index contributed by atoms with van der Waals surface area (Å²) in [5.41, 5.74) is 3.05. The molecule has 2 heterocycles. The van der Waals surface area contributed by atoms with Crippen LogP contribution in [0.3, 0.4) is 0 Å². The summed E-state index contributed by atoms with van der Waals surface area (Å²) < 4.78 is 21.3. The van der Waals surface area contributed by atoms with Crippen molar-refractivity contribution in [3.8, 4) is 22.4 Å². The van der Waals surface area contributed by atoms with E-state index in [0.29, 0.717) is 17.2 Å². The number of nitrogens with zero attached hydrogens (tertiary/aromatic N) is 3. The third-order valence-electron chi connectivity index (χ3n) is 4.25. The molecule has 1 N–H and O–H groups in total. The van der Waals surface area contributed by atoms with Crippen molar-refractivity contribution in [2.75, 3.05) is 5.32 Å². The Morgan fingerprint density at radius 3 is 2.66 bits per heavy atom. The molecule has 146 valence electrons. The molecule has 6 nitrogen and oxygen atoms in total. The maximum atomic E-state index is 14.5. The number of fused-ring (bicyclic) bond motifs is 1. The van der Waals surface area contributed by atoms with Crippen molar-refractivity contribution < 1.29 is 13.9 Å². The number of anilines is 1. The van der Waals surface area contributed by atoms with Gasteiger partial charge in [-0.2, -0.15) is 0 Å². The molecule has 4 rings (SSSR count). The third-order valence-corrected chi connectivity index (χ3v) is 4.25. The van der Waals surface area contributed by atoms with Crippen LogP contribution in [0.5, 0.6) is 0 Å². The Bertz CT molecular complexity index is 1170. The van der Waals surface area contributed by atoms with Crippen molar-refractivity contribution in [3.05, 3.63) is 72.9 Å². The van der Waals surface area contributed by atoms with Crippen LogP contribution in [-0.2, 0) is 4.74 Å². The standard InChI is InChI=1S/C22H19FN4O2/c1-14(2)29-22(28)25-17-8-9-19(23)18(10-17)20-13-27-12-16(11-24-21(27)26-20)15-6-4-3-5-7-15/h3-14H,1-2H3,(H,25,28). The van der Waals surface area contributed by atoms with Crippen molar-refractivity contribution in [2.24, 2.45) is 0 Å². The largest absolute Gasteiger partial charge is 0.447 e. The van der Waals surface area contributed by atoms with Crippen molar-refractivity contribution in [1.29, 1.82) is 0 Å². The minimum Gasteiger partial charge on any atom is -0.447 e. The molecule has 0 unspecified atom stereocenters. The van der Waals surface area contributed by atoms with Gasteiger partial charge in [0.05, 0.1) is 11.8 Å². The molecule has 0 aliphatic heterocycles. The second-order valence-electron chi connectivity index (χ2n) is 6.82. The lowest BCUT2D eigenvalue weighted by atomic mass is 10.1. The minimum absolute atomic E-state index is 0.252. The number of imidazole rings is 1. The fourth-order valence-electron chi connectivity index (χ4n) is 2.95. The molecule has 29 heavy (non-hydrogen) atoms. The normalized spacial score (nSPS) is 11.0. The molecule has 4 aromatic rings. The quantitative estimate of drug-likeness (QED) is 0.523. The van der Waals surface area contributed by atoms with Gasteiger partial charge in [0.2, 0.25) is 5.78 Å². The summed E-state index contributed by atoms with van der Waals surface area (Å²) in [5.74, 6) is 0.0103. The number of rotatable bonds is 4. The monoisotopic (exact) mass is 390 g/mol. The maximum Gasteiger partial charge on any atom is 0.411 e. The van der Waals surface area contributed by atoms with Gasteiger partial charge >= 0.3 is 6.09 Å². The number of halogens is 1. The molecular weight excluding hydrogens is 371 g/mol. The molecule has 0 radical (unpaired) electrons. The zero-order valence-corrected chi connectivity index (χ0v) is 16.0. The summed E-state index contributed by atoms with van der Waals surface area (Å²) in [6, 6.07) is 14.1. The molecule has 7 heteroatoms. The molecule has 0 fully saturated rings. The molecule has 2 aromatic heterocycles. The fraction of sp³-hybridized carbons (Fsp3) is 0.136. The topological polar surface area (TPSA) is 68.5 Å². The number of carbonyl (C=O) groups is 1. The van der Waals surface area contributed by atoms with Crippen LogP contribution >= 0.6 is 0 Å². The van der Waals surface area contributed by atoms with E-state index in [1.165, 1.54) is 18.2 Å². The average molecular weight is 390 g/mol. The predicted octanol–water partition coefficient (Wildman–Crippen LogP) is 5.16. The summed E-state index contributed by atoms with van der Waals surface area (Å²) in [4.78, 5) is 20.6. The Morgan fingerprint density at radius 1 is 1.10 bits per heavy atom. The number of hydrogen-bond acceptors (Lipinski definition) is 4. The summed E-state index contributed by atoms with van der Waals surface area (Å²) >= 11 is 0. The highest BCUT2D eigenvalue weighted by Gasteiger charge is 2.13. The number of nitrogens with one attached hydrogen (secondary N) is 1. The number of aromatic nitrogens is 3. The van der Waals surface area contributed by atoms with E-state index in [9.17, 15) is 9.18 Å². The first-order chi connectivity index (χ1) is 14.0. The summed E-state index contributed by atoms with van der Waals surface area (Å²) in [5, 5.41) is 2.60. The van der Waals surface area contributed by atoms with Crippen molar-refractivity contribution in [1.82, 2.24) is 14.4 Å². The highest BCUT2D eigenvalue weighted by molar-refractivity contribution is 5.86. The number of ether oxygens (including phenoxy) is 1. The second kappa shape index (κ2) is 7.71. The lowest BCUT2D eigenvalue weighted by molar-refractivity contribution is 0.130. The molecule has 1 amide bonds. The van der Waals surface area contributed by atoms with Gasteiger partial charge in [0.15, 0.2) is 0 Å². The molecule has 0 aliphatic carbocycles. The van der Waals surface area contributed by atoms with Gasteiger partial charge in [-0.1, -0.05) is 30.3 Å². The highest BCUT2D eigenvalue weighted by Crippen LogP contribution is 2.26. The van der Waals surface area contributed by atoms with Gasteiger partial charge in [0, 0.05) is 35.4 Å². The number of carbonyl (C=O) groups excluding carboxylic acids is 1. The van der Waals surface area contributed by atoms with Crippen LogP contribution in [0.1, 0.15) is 13.8 Å². The smallest absolute Gasteiger partial charge is 0.411 e. The second-order valence-corrected chi connectivity index (χ2v) is 6.82. The first-order valence-electron chi connectivity index (χ1n) is 9.17. The Balaban J connectivity index is 1.67. The number of benzene rings is 2. The predicted molar refractivity (Wildman–Crippen MR) is 109 cm³/mol. The van der Waals surface area contributed by atoms with E-state index in [0.717, 1.165) is 11.1 Å². The van der Waals surface area contributed by atoms with Gasteiger partial charge in [0.25, 0.3) is 0 Å². The van der Waals surface area contributed by atoms with Gasteiger partial charge in [0.1, 0.15) is 5.82 Å². The van der Waals surface area contributed by atoms with E-state index in [2.05, 4.69) is 15.3 Å². The zero-order valence-electron chi connectivity index (χ0n) is 16.0. The number of amides is 1. The van der Waals surface area contributed by atoms with Gasteiger partial charge in [-0.25, -0.2) is 19.2 Å². The van der Waals surface area contributed by atoms with Crippen LogP contribution in [0.2, 0.25) is 0 Å². The maximum absolute atomic E-state index is 14.5. The van der Waals surface area contributed by atoms with Crippen molar-refractivity contribution in [3.63, 3.8) is 0 Å². The van der Waals surface area contributed by atoms with E-state index in [4.69, 9.17) is 4.74 Å².